The number of piperidine rings is 1. The molecule has 7 heteroatoms. The van der Waals surface area contributed by atoms with E-state index in [1.54, 1.807) is 0 Å². The second-order valence-corrected chi connectivity index (χ2v) is 8.49. The van der Waals surface area contributed by atoms with Gasteiger partial charge in [-0.3, -0.25) is 4.79 Å². The molecule has 0 radical (unpaired) electrons. The molecule has 0 bridgehead atoms. The predicted octanol–water partition coefficient (Wildman–Crippen LogP) is 3.58. The highest BCUT2D eigenvalue weighted by Crippen LogP contribution is 2.24. The number of hydrogen-bond acceptors (Lipinski definition) is 5. The Morgan fingerprint density at radius 3 is 2.25 bits per heavy atom. The van der Waals surface area contributed by atoms with Crippen molar-refractivity contribution in [2.75, 3.05) is 42.5 Å². The van der Waals surface area contributed by atoms with Crippen LogP contribution in [0.2, 0.25) is 0 Å². The van der Waals surface area contributed by atoms with E-state index >= 15 is 0 Å². The second kappa shape index (κ2) is 8.47. The van der Waals surface area contributed by atoms with Crippen LogP contribution >= 0.6 is 15.9 Å². The first kappa shape index (κ1) is 19.2. The third kappa shape index (κ3) is 4.14. The van der Waals surface area contributed by atoms with Gasteiger partial charge in [-0.25, -0.2) is 0 Å². The smallest absolute Gasteiger partial charge is 0.253 e. The van der Waals surface area contributed by atoms with E-state index in [0.717, 1.165) is 41.3 Å². The van der Waals surface area contributed by atoms with Crippen molar-refractivity contribution in [1.29, 1.82) is 0 Å². The van der Waals surface area contributed by atoms with Crippen molar-refractivity contribution >= 4 is 33.5 Å². The summed E-state index contributed by atoms with van der Waals surface area (Å²) in [5, 5.41) is 8.96. The number of halogens is 1. The molecular formula is C21H26BrN5O. The Balaban J connectivity index is 1.35. The van der Waals surface area contributed by atoms with Gasteiger partial charge in [-0.15, -0.1) is 10.2 Å². The summed E-state index contributed by atoms with van der Waals surface area (Å²) in [5.74, 6) is 1.96. The minimum absolute atomic E-state index is 0.0904. The molecule has 2 aliphatic rings. The molecule has 2 saturated heterocycles. The van der Waals surface area contributed by atoms with Gasteiger partial charge < -0.3 is 14.7 Å². The van der Waals surface area contributed by atoms with Gasteiger partial charge >= 0.3 is 0 Å². The largest absolute Gasteiger partial charge is 0.352 e. The third-order valence-corrected chi connectivity index (χ3v) is 6.24. The molecule has 1 aromatic carbocycles. The number of anilines is 2. The van der Waals surface area contributed by atoms with E-state index in [-0.39, 0.29) is 5.91 Å². The Kier molecular flexibility index (Phi) is 5.80. The number of aromatic nitrogens is 2. The number of benzene rings is 1. The Bertz CT molecular complexity index is 803. The summed E-state index contributed by atoms with van der Waals surface area (Å²) >= 11 is 3.41. The molecule has 4 rings (SSSR count). The summed E-state index contributed by atoms with van der Waals surface area (Å²) in [6, 6.07) is 12.2. The highest BCUT2D eigenvalue weighted by Gasteiger charge is 2.24. The Morgan fingerprint density at radius 1 is 0.929 bits per heavy atom. The maximum atomic E-state index is 12.7. The molecule has 2 aromatic rings. The highest BCUT2D eigenvalue weighted by atomic mass is 79.9. The van der Waals surface area contributed by atoms with Gasteiger partial charge in [-0.1, -0.05) is 15.9 Å². The first-order chi connectivity index (χ1) is 13.6. The fourth-order valence-corrected chi connectivity index (χ4v) is 4.26. The van der Waals surface area contributed by atoms with Gasteiger partial charge in [-0.2, -0.15) is 0 Å². The second-order valence-electron chi connectivity index (χ2n) is 7.57. The van der Waals surface area contributed by atoms with Gasteiger partial charge in [0.2, 0.25) is 0 Å². The van der Waals surface area contributed by atoms with Crippen LogP contribution in [0.15, 0.2) is 40.9 Å². The lowest BCUT2D eigenvalue weighted by Gasteiger charge is -2.36. The minimum Gasteiger partial charge on any atom is -0.352 e. The zero-order valence-corrected chi connectivity index (χ0v) is 17.8. The molecule has 148 valence electrons. The van der Waals surface area contributed by atoms with Crippen molar-refractivity contribution in [3.8, 4) is 0 Å². The van der Waals surface area contributed by atoms with E-state index in [2.05, 4.69) is 55.0 Å². The van der Waals surface area contributed by atoms with Crippen LogP contribution in [0.4, 0.5) is 11.6 Å². The molecule has 3 heterocycles. The number of hydrogen-bond donors (Lipinski definition) is 0. The lowest BCUT2D eigenvalue weighted by molar-refractivity contribution is 0.0746. The van der Waals surface area contributed by atoms with Crippen LogP contribution < -0.4 is 9.80 Å². The van der Waals surface area contributed by atoms with Gasteiger partial charge in [-0.05, 0) is 62.6 Å². The molecule has 2 fully saturated rings. The van der Waals surface area contributed by atoms with Crippen LogP contribution in [0.5, 0.6) is 0 Å². The Labute approximate surface area is 174 Å². The molecular weight excluding hydrogens is 418 g/mol. The van der Waals surface area contributed by atoms with E-state index in [1.807, 2.05) is 29.2 Å². The molecule has 28 heavy (non-hydrogen) atoms. The molecule has 1 unspecified atom stereocenters. The van der Waals surface area contributed by atoms with Crippen molar-refractivity contribution in [2.45, 2.75) is 32.2 Å². The van der Waals surface area contributed by atoms with Crippen LogP contribution in [0.25, 0.3) is 0 Å². The molecule has 0 saturated carbocycles. The van der Waals surface area contributed by atoms with Crippen LogP contribution in [-0.4, -0.2) is 59.8 Å². The van der Waals surface area contributed by atoms with Gasteiger partial charge in [0.25, 0.3) is 5.91 Å². The number of carbonyl (C=O) groups is 1. The van der Waals surface area contributed by atoms with E-state index in [0.29, 0.717) is 19.1 Å². The molecule has 6 nitrogen and oxygen atoms in total. The van der Waals surface area contributed by atoms with Crippen molar-refractivity contribution in [1.82, 2.24) is 15.1 Å². The summed E-state index contributed by atoms with van der Waals surface area (Å²) in [7, 11) is 0. The van der Waals surface area contributed by atoms with Gasteiger partial charge in [0, 0.05) is 48.8 Å². The van der Waals surface area contributed by atoms with Crippen molar-refractivity contribution in [3.63, 3.8) is 0 Å². The molecule has 0 N–H and O–H groups in total. The summed E-state index contributed by atoms with van der Waals surface area (Å²) < 4.78 is 0.981. The summed E-state index contributed by atoms with van der Waals surface area (Å²) in [5.41, 5.74) is 0.733. The zero-order valence-electron chi connectivity index (χ0n) is 16.2. The average Bonchev–Trinajstić information content (AvgIpc) is 2.74. The summed E-state index contributed by atoms with van der Waals surface area (Å²) in [6.07, 6.45) is 3.74. The monoisotopic (exact) mass is 443 g/mol. The number of nitrogens with zero attached hydrogens (tertiary/aromatic N) is 5. The van der Waals surface area contributed by atoms with E-state index in [9.17, 15) is 4.79 Å². The third-order valence-electron chi connectivity index (χ3n) is 5.72. The van der Waals surface area contributed by atoms with E-state index in [4.69, 9.17) is 0 Å². The molecule has 1 atom stereocenters. The first-order valence-electron chi connectivity index (χ1n) is 10.0. The number of piperazine rings is 1. The maximum Gasteiger partial charge on any atom is 0.253 e. The molecule has 0 aliphatic carbocycles. The molecule has 2 aliphatic heterocycles. The fraction of sp³-hybridized carbons (Fsp3) is 0.476. The summed E-state index contributed by atoms with van der Waals surface area (Å²) in [4.78, 5) is 19.1. The summed E-state index contributed by atoms with van der Waals surface area (Å²) in [6.45, 7) is 6.26. The lowest BCUT2D eigenvalue weighted by Crippen LogP contribution is -2.49. The van der Waals surface area contributed by atoms with Crippen LogP contribution in [0.1, 0.15) is 36.5 Å². The normalized spacial score (nSPS) is 20.4. The van der Waals surface area contributed by atoms with Crippen LogP contribution in [-0.2, 0) is 0 Å². The molecule has 1 amide bonds. The maximum absolute atomic E-state index is 12.7. The van der Waals surface area contributed by atoms with E-state index in [1.165, 1.54) is 19.3 Å². The van der Waals surface area contributed by atoms with Crippen molar-refractivity contribution < 1.29 is 4.79 Å². The SMILES string of the molecule is CC1CCCCN1c1ccc(N2CCN(C(=O)c3ccc(Br)cc3)CC2)nn1. The number of amides is 1. The predicted molar refractivity (Wildman–Crippen MR) is 115 cm³/mol. The Hall–Kier alpha value is -2.15. The lowest BCUT2D eigenvalue weighted by atomic mass is 10.0. The van der Waals surface area contributed by atoms with Gasteiger partial charge in [0.15, 0.2) is 11.6 Å². The first-order valence-corrected chi connectivity index (χ1v) is 10.8. The van der Waals surface area contributed by atoms with Gasteiger partial charge in [0.1, 0.15) is 0 Å². The van der Waals surface area contributed by atoms with Crippen LogP contribution in [0, 0.1) is 0 Å². The van der Waals surface area contributed by atoms with Crippen molar-refractivity contribution in [2.24, 2.45) is 0 Å². The topological polar surface area (TPSA) is 52.6 Å². The highest BCUT2D eigenvalue weighted by molar-refractivity contribution is 9.10. The molecule has 1 aromatic heterocycles. The minimum atomic E-state index is 0.0904. The fourth-order valence-electron chi connectivity index (χ4n) is 3.99. The number of carbonyl (C=O) groups excluding carboxylic acids is 1. The Morgan fingerprint density at radius 2 is 1.61 bits per heavy atom. The molecule has 0 spiro atoms. The zero-order chi connectivity index (χ0) is 19.5. The van der Waals surface area contributed by atoms with Gasteiger partial charge in [0.05, 0.1) is 0 Å². The van der Waals surface area contributed by atoms with Crippen LogP contribution in [0.3, 0.4) is 0 Å². The standard InChI is InChI=1S/C21H26BrN5O/c1-16-4-2-3-11-27(16)20-10-9-19(23-24-20)25-12-14-26(15-13-25)21(28)17-5-7-18(22)8-6-17/h5-10,16H,2-4,11-15H2,1H3. The average molecular weight is 444 g/mol. The quantitative estimate of drug-likeness (QED) is 0.725. The van der Waals surface area contributed by atoms with Crippen molar-refractivity contribution in [3.05, 3.63) is 46.4 Å². The van der Waals surface area contributed by atoms with E-state index < -0.39 is 0 Å². The number of rotatable bonds is 3.